The minimum Gasteiger partial charge on any atom is -0.310 e. The van der Waals surface area contributed by atoms with E-state index in [1.54, 1.807) is 17.3 Å². The number of amides is 1. The zero-order valence-electron chi connectivity index (χ0n) is 15.7. The Bertz CT molecular complexity index is 967. The molecule has 0 aliphatic rings. The smallest absolute Gasteiger partial charge is 0.240 e. The highest BCUT2D eigenvalue weighted by atomic mass is 32.2. The first-order valence-electron chi connectivity index (χ1n) is 8.81. The standard InChI is InChI=1S/C20H20N6OS/c1-15(19(27)26(13-7-11-21)17-9-4-3-5-10-17)28-20-24-23-18(25(20)2)16-8-6-12-22-14-16/h3-6,8-10,12,14-15H,7,13H2,1-2H3. The van der Waals surface area contributed by atoms with Crippen LogP contribution in [0.1, 0.15) is 13.3 Å². The molecule has 0 saturated heterocycles. The number of thioether (sulfide) groups is 1. The second kappa shape index (κ2) is 9.15. The van der Waals surface area contributed by atoms with Gasteiger partial charge in [0.2, 0.25) is 5.91 Å². The van der Waals surface area contributed by atoms with Gasteiger partial charge in [0.1, 0.15) is 0 Å². The van der Waals surface area contributed by atoms with E-state index in [1.165, 1.54) is 11.8 Å². The van der Waals surface area contributed by atoms with Crippen LogP contribution in [0.3, 0.4) is 0 Å². The van der Waals surface area contributed by atoms with Crippen LogP contribution in [0.25, 0.3) is 11.4 Å². The summed E-state index contributed by atoms with van der Waals surface area (Å²) in [7, 11) is 1.87. The highest BCUT2D eigenvalue weighted by molar-refractivity contribution is 8.00. The van der Waals surface area contributed by atoms with Gasteiger partial charge in [-0.3, -0.25) is 9.78 Å². The van der Waals surface area contributed by atoms with Crippen LogP contribution in [-0.2, 0) is 11.8 Å². The Kier molecular flexibility index (Phi) is 6.40. The second-order valence-electron chi connectivity index (χ2n) is 6.10. The first kappa shape index (κ1) is 19.6. The van der Waals surface area contributed by atoms with E-state index in [9.17, 15) is 4.79 Å². The number of pyridine rings is 1. The Morgan fingerprint density at radius 1 is 1.25 bits per heavy atom. The number of hydrogen-bond donors (Lipinski definition) is 0. The van der Waals surface area contributed by atoms with Crippen LogP contribution in [0, 0.1) is 11.3 Å². The second-order valence-corrected chi connectivity index (χ2v) is 7.41. The highest BCUT2D eigenvalue weighted by Gasteiger charge is 2.25. The molecule has 8 heteroatoms. The maximum atomic E-state index is 13.1. The quantitative estimate of drug-likeness (QED) is 0.573. The third-order valence-corrected chi connectivity index (χ3v) is 5.29. The fraction of sp³-hybridized carbons (Fsp3) is 0.250. The summed E-state index contributed by atoms with van der Waals surface area (Å²) in [5.41, 5.74) is 1.65. The predicted octanol–water partition coefficient (Wildman–Crippen LogP) is 3.30. The molecule has 1 unspecified atom stereocenters. The Morgan fingerprint density at radius 2 is 2.04 bits per heavy atom. The average molecular weight is 392 g/mol. The third-order valence-electron chi connectivity index (χ3n) is 4.17. The van der Waals surface area contributed by atoms with Crippen molar-refractivity contribution in [3.63, 3.8) is 0 Å². The van der Waals surface area contributed by atoms with Crippen molar-refractivity contribution in [2.45, 2.75) is 23.8 Å². The minimum absolute atomic E-state index is 0.0719. The SMILES string of the molecule is CC(Sc1nnc(-c2cccnc2)n1C)C(=O)N(CCC#N)c1ccccc1. The molecular formula is C20H20N6OS. The largest absolute Gasteiger partial charge is 0.310 e. The van der Waals surface area contributed by atoms with E-state index in [0.717, 1.165) is 11.3 Å². The molecule has 0 bridgehead atoms. The Morgan fingerprint density at radius 3 is 2.71 bits per heavy atom. The molecule has 2 heterocycles. The Labute approximate surface area is 168 Å². The van der Waals surface area contributed by atoms with Gasteiger partial charge in [-0.25, -0.2) is 0 Å². The lowest BCUT2D eigenvalue weighted by Crippen LogP contribution is -2.37. The van der Waals surface area contributed by atoms with Gasteiger partial charge in [-0.1, -0.05) is 30.0 Å². The van der Waals surface area contributed by atoms with Gasteiger partial charge < -0.3 is 9.47 Å². The summed E-state index contributed by atoms with van der Waals surface area (Å²) in [4.78, 5) is 18.8. The molecule has 142 valence electrons. The maximum absolute atomic E-state index is 13.1. The molecule has 3 rings (SSSR count). The van der Waals surface area contributed by atoms with Gasteiger partial charge in [-0.2, -0.15) is 5.26 Å². The number of carbonyl (C=O) groups excluding carboxylic acids is 1. The van der Waals surface area contributed by atoms with Crippen LogP contribution in [-0.4, -0.2) is 37.5 Å². The number of rotatable bonds is 7. The van der Waals surface area contributed by atoms with E-state index in [2.05, 4.69) is 21.3 Å². The van der Waals surface area contributed by atoms with E-state index in [4.69, 9.17) is 5.26 Å². The number of carbonyl (C=O) groups is 1. The van der Waals surface area contributed by atoms with Crippen molar-refractivity contribution < 1.29 is 4.79 Å². The van der Waals surface area contributed by atoms with Crippen LogP contribution in [0.4, 0.5) is 5.69 Å². The molecule has 0 aliphatic carbocycles. The van der Waals surface area contributed by atoms with E-state index in [-0.39, 0.29) is 17.6 Å². The molecule has 1 aromatic carbocycles. The molecular weight excluding hydrogens is 372 g/mol. The predicted molar refractivity (Wildman–Crippen MR) is 109 cm³/mol. The van der Waals surface area contributed by atoms with Crippen LogP contribution < -0.4 is 4.90 Å². The summed E-state index contributed by atoms with van der Waals surface area (Å²) in [6.07, 6.45) is 3.70. The normalized spacial score (nSPS) is 11.6. The lowest BCUT2D eigenvalue weighted by atomic mass is 10.2. The molecule has 0 spiro atoms. The van der Waals surface area contributed by atoms with Crippen LogP contribution in [0.15, 0.2) is 60.0 Å². The van der Waals surface area contributed by atoms with Crippen molar-refractivity contribution in [1.82, 2.24) is 19.7 Å². The summed E-state index contributed by atoms with van der Waals surface area (Å²) < 4.78 is 1.85. The van der Waals surface area contributed by atoms with E-state index in [0.29, 0.717) is 17.5 Å². The van der Waals surface area contributed by atoms with Crippen molar-refractivity contribution in [3.8, 4) is 17.5 Å². The molecule has 1 amide bonds. The third kappa shape index (κ3) is 4.38. The Balaban J connectivity index is 1.78. The molecule has 0 saturated carbocycles. The molecule has 1 atom stereocenters. The van der Waals surface area contributed by atoms with Gasteiger partial charge in [-0.05, 0) is 31.2 Å². The number of benzene rings is 1. The summed E-state index contributed by atoms with van der Waals surface area (Å²) >= 11 is 1.35. The number of aromatic nitrogens is 4. The molecule has 0 fully saturated rings. The fourth-order valence-corrected chi connectivity index (χ4v) is 3.61. The van der Waals surface area contributed by atoms with Crippen LogP contribution >= 0.6 is 11.8 Å². The monoisotopic (exact) mass is 392 g/mol. The molecule has 0 radical (unpaired) electrons. The number of para-hydroxylation sites is 1. The van der Waals surface area contributed by atoms with Crippen LogP contribution in [0.2, 0.25) is 0 Å². The van der Waals surface area contributed by atoms with Gasteiger partial charge >= 0.3 is 0 Å². The van der Waals surface area contributed by atoms with Crippen molar-refractivity contribution in [3.05, 3.63) is 54.9 Å². The lowest BCUT2D eigenvalue weighted by Gasteiger charge is -2.24. The van der Waals surface area contributed by atoms with Gasteiger partial charge in [0.25, 0.3) is 0 Å². The average Bonchev–Trinajstić information content (AvgIpc) is 3.09. The fourth-order valence-electron chi connectivity index (χ4n) is 2.73. The lowest BCUT2D eigenvalue weighted by molar-refractivity contribution is -0.117. The number of nitriles is 1. The zero-order chi connectivity index (χ0) is 19.9. The molecule has 2 aromatic heterocycles. The zero-order valence-corrected chi connectivity index (χ0v) is 16.5. The first-order chi connectivity index (χ1) is 13.6. The van der Waals surface area contributed by atoms with Gasteiger partial charge in [0, 0.05) is 37.2 Å². The van der Waals surface area contributed by atoms with Crippen molar-refractivity contribution in [2.75, 3.05) is 11.4 Å². The van der Waals surface area contributed by atoms with Crippen molar-refractivity contribution in [2.24, 2.45) is 7.05 Å². The summed E-state index contributed by atoms with van der Waals surface area (Å²) in [6, 6.07) is 15.3. The van der Waals surface area contributed by atoms with E-state index in [1.807, 2.05) is 61.0 Å². The minimum atomic E-state index is -0.386. The molecule has 7 nitrogen and oxygen atoms in total. The summed E-state index contributed by atoms with van der Waals surface area (Å²) in [6.45, 7) is 2.19. The van der Waals surface area contributed by atoms with Crippen molar-refractivity contribution >= 4 is 23.4 Å². The Hall–Kier alpha value is -3.18. The molecule has 28 heavy (non-hydrogen) atoms. The van der Waals surface area contributed by atoms with E-state index >= 15 is 0 Å². The molecule has 0 N–H and O–H groups in total. The van der Waals surface area contributed by atoms with E-state index < -0.39 is 0 Å². The van der Waals surface area contributed by atoms with Crippen molar-refractivity contribution in [1.29, 1.82) is 5.26 Å². The number of nitrogens with zero attached hydrogens (tertiary/aromatic N) is 6. The summed E-state index contributed by atoms with van der Waals surface area (Å²) in [5, 5.41) is 17.7. The van der Waals surface area contributed by atoms with Crippen LogP contribution in [0.5, 0.6) is 0 Å². The maximum Gasteiger partial charge on any atom is 0.240 e. The molecule has 3 aromatic rings. The van der Waals surface area contributed by atoms with Gasteiger partial charge in [0.15, 0.2) is 11.0 Å². The number of anilines is 1. The highest BCUT2D eigenvalue weighted by Crippen LogP contribution is 2.27. The van der Waals surface area contributed by atoms with Gasteiger partial charge in [-0.15, -0.1) is 10.2 Å². The molecule has 0 aliphatic heterocycles. The first-order valence-corrected chi connectivity index (χ1v) is 9.69. The van der Waals surface area contributed by atoms with Gasteiger partial charge in [0.05, 0.1) is 17.7 Å². The summed E-state index contributed by atoms with van der Waals surface area (Å²) in [5.74, 6) is 0.622. The number of hydrogen-bond acceptors (Lipinski definition) is 6. The topological polar surface area (TPSA) is 87.7 Å².